The Morgan fingerprint density at radius 1 is 1.50 bits per heavy atom. The first-order valence-corrected chi connectivity index (χ1v) is 7.06. The summed E-state index contributed by atoms with van der Waals surface area (Å²) in [7, 11) is 0. The molecule has 1 aliphatic rings. The van der Waals surface area contributed by atoms with Crippen molar-refractivity contribution in [3.05, 3.63) is 11.1 Å². The van der Waals surface area contributed by atoms with Crippen molar-refractivity contribution in [1.82, 2.24) is 14.8 Å². The molecule has 1 fully saturated rings. The van der Waals surface area contributed by atoms with Crippen LogP contribution in [0.3, 0.4) is 0 Å². The largest absolute Gasteiger partial charge is 0.375 e. The lowest BCUT2D eigenvalue weighted by Crippen LogP contribution is -2.50. The predicted octanol–water partition coefficient (Wildman–Crippen LogP) is 1.03. The molecule has 0 radical (unpaired) electrons. The zero-order valence-corrected chi connectivity index (χ0v) is 11.7. The van der Waals surface area contributed by atoms with Crippen molar-refractivity contribution < 1.29 is 4.79 Å². The molecule has 0 aromatic carbocycles. The average Bonchev–Trinajstić information content (AvgIpc) is 2.68. The molecule has 0 unspecified atom stereocenters. The smallest absolute Gasteiger partial charge is 0.236 e. The number of aromatic nitrogens is 1. The van der Waals surface area contributed by atoms with Gasteiger partial charge in [0, 0.05) is 37.3 Å². The van der Waals surface area contributed by atoms with E-state index in [1.807, 2.05) is 4.90 Å². The van der Waals surface area contributed by atoms with Gasteiger partial charge in [0.2, 0.25) is 5.91 Å². The third-order valence-electron chi connectivity index (χ3n) is 2.93. The fraction of sp³-hybridized carbons (Fsp3) is 0.667. The molecule has 0 saturated carbocycles. The Kier molecular flexibility index (Phi) is 4.19. The normalized spacial score (nSPS) is 17.7. The summed E-state index contributed by atoms with van der Waals surface area (Å²) in [5.74, 6) is 0.759. The lowest BCUT2D eigenvalue weighted by molar-refractivity contribution is -0.136. The molecule has 5 nitrogen and oxygen atoms in total. The Morgan fingerprint density at radius 3 is 2.83 bits per heavy atom. The molecule has 1 aromatic heterocycles. The van der Waals surface area contributed by atoms with Gasteiger partial charge in [0.25, 0.3) is 0 Å². The van der Waals surface area contributed by atoms with Crippen molar-refractivity contribution in [3.8, 4) is 0 Å². The van der Waals surface area contributed by atoms with Gasteiger partial charge in [-0.1, -0.05) is 13.8 Å². The van der Waals surface area contributed by atoms with Crippen LogP contribution in [0.2, 0.25) is 0 Å². The van der Waals surface area contributed by atoms with E-state index < -0.39 is 0 Å². The third kappa shape index (κ3) is 3.43. The van der Waals surface area contributed by atoms with E-state index in [0.29, 0.717) is 17.6 Å². The van der Waals surface area contributed by atoms with Gasteiger partial charge in [-0.2, -0.15) is 0 Å². The van der Waals surface area contributed by atoms with Crippen LogP contribution in [0.4, 0.5) is 5.13 Å². The topological polar surface area (TPSA) is 62.5 Å². The third-order valence-corrected chi connectivity index (χ3v) is 3.75. The van der Waals surface area contributed by atoms with Crippen molar-refractivity contribution in [3.63, 3.8) is 0 Å². The molecule has 0 spiro atoms. The van der Waals surface area contributed by atoms with Crippen molar-refractivity contribution in [2.75, 3.05) is 31.9 Å². The first-order valence-electron chi connectivity index (χ1n) is 6.25. The molecule has 2 rings (SSSR count). The summed E-state index contributed by atoms with van der Waals surface area (Å²) in [6, 6.07) is 0. The summed E-state index contributed by atoms with van der Waals surface area (Å²) in [6.45, 7) is 8.17. The van der Waals surface area contributed by atoms with Crippen LogP contribution >= 0.6 is 11.3 Å². The van der Waals surface area contributed by atoms with E-state index in [2.05, 4.69) is 23.7 Å². The number of nitrogens with two attached hydrogens (primary N) is 1. The Hall–Kier alpha value is -1.14. The number of thiazole rings is 1. The van der Waals surface area contributed by atoms with Gasteiger partial charge in [-0.15, -0.1) is 11.3 Å². The number of hydrogen-bond acceptors (Lipinski definition) is 5. The maximum atomic E-state index is 12.0. The maximum Gasteiger partial charge on any atom is 0.236 e. The molecule has 0 aliphatic carbocycles. The second-order valence-electron chi connectivity index (χ2n) is 5.11. The molecule has 1 aromatic rings. The summed E-state index contributed by atoms with van der Waals surface area (Å²) < 4.78 is 0. The summed E-state index contributed by atoms with van der Waals surface area (Å²) >= 11 is 1.49. The highest BCUT2D eigenvalue weighted by Crippen LogP contribution is 2.17. The van der Waals surface area contributed by atoms with E-state index in [4.69, 9.17) is 5.73 Å². The fourth-order valence-corrected chi connectivity index (χ4v) is 2.87. The van der Waals surface area contributed by atoms with Crippen molar-refractivity contribution in [2.45, 2.75) is 20.4 Å². The molecule has 18 heavy (non-hydrogen) atoms. The van der Waals surface area contributed by atoms with Crippen LogP contribution in [0, 0.1) is 5.92 Å². The molecule has 1 aliphatic heterocycles. The number of amides is 1. The van der Waals surface area contributed by atoms with Crippen molar-refractivity contribution in [2.24, 2.45) is 5.92 Å². The molecule has 0 atom stereocenters. The molecule has 2 N–H and O–H groups in total. The number of anilines is 1. The molecule has 2 heterocycles. The summed E-state index contributed by atoms with van der Waals surface area (Å²) in [4.78, 5) is 21.3. The number of rotatable bonds is 4. The molecule has 6 heteroatoms. The van der Waals surface area contributed by atoms with E-state index >= 15 is 0 Å². The highest BCUT2D eigenvalue weighted by Gasteiger charge is 2.24. The number of hydrogen-bond donors (Lipinski definition) is 1. The van der Waals surface area contributed by atoms with E-state index in [9.17, 15) is 4.79 Å². The number of piperazine rings is 1. The fourth-order valence-electron chi connectivity index (χ4n) is 2.14. The molecular formula is C12H20N4OS. The van der Waals surface area contributed by atoms with Crippen LogP contribution in [-0.2, 0) is 11.3 Å². The molecule has 0 bridgehead atoms. The SMILES string of the molecule is CC(C)CN1CCN(Cc2cnc(N)s2)CC1=O. The first-order chi connectivity index (χ1) is 8.54. The van der Waals surface area contributed by atoms with Crippen LogP contribution < -0.4 is 5.73 Å². The van der Waals surface area contributed by atoms with Gasteiger partial charge in [-0.05, 0) is 5.92 Å². The highest BCUT2D eigenvalue weighted by molar-refractivity contribution is 7.15. The van der Waals surface area contributed by atoms with Crippen molar-refractivity contribution in [1.29, 1.82) is 0 Å². The number of carbonyl (C=O) groups is 1. The average molecular weight is 268 g/mol. The Morgan fingerprint density at radius 2 is 2.28 bits per heavy atom. The summed E-state index contributed by atoms with van der Waals surface area (Å²) in [6.07, 6.45) is 1.80. The molecule has 1 saturated heterocycles. The number of nitrogens with zero attached hydrogens (tertiary/aromatic N) is 3. The van der Waals surface area contributed by atoms with E-state index in [1.54, 1.807) is 6.20 Å². The molecule has 1 amide bonds. The minimum absolute atomic E-state index is 0.229. The van der Waals surface area contributed by atoms with Gasteiger partial charge < -0.3 is 10.6 Å². The Balaban J connectivity index is 1.86. The van der Waals surface area contributed by atoms with Gasteiger partial charge in [-0.3, -0.25) is 9.69 Å². The van der Waals surface area contributed by atoms with Crippen LogP contribution in [0.5, 0.6) is 0 Å². The second-order valence-corrected chi connectivity index (χ2v) is 6.26. The van der Waals surface area contributed by atoms with Crippen LogP contribution in [0.1, 0.15) is 18.7 Å². The second kappa shape index (κ2) is 5.67. The Labute approximate surface area is 112 Å². The van der Waals surface area contributed by atoms with E-state index in [-0.39, 0.29) is 5.91 Å². The number of carbonyl (C=O) groups excluding carboxylic acids is 1. The van der Waals surface area contributed by atoms with Crippen molar-refractivity contribution >= 4 is 22.4 Å². The van der Waals surface area contributed by atoms with Gasteiger partial charge >= 0.3 is 0 Å². The first kappa shape index (κ1) is 13.3. The molecular weight excluding hydrogens is 248 g/mol. The lowest BCUT2D eigenvalue weighted by atomic mass is 10.2. The summed E-state index contributed by atoms with van der Waals surface area (Å²) in [5.41, 5.74) is 5.60. The monoisotopic (exact) mass is 268 g/mol. The predicted molar refractivity (Wildman–Crippen MR) is 73.2 cm³/mol. The zero-order valence-electron chi connectivity index (χ0n) is 10.9. The highest BCUT2D eigenvalue weighted by atomic mass is 32.1. The van der Waals surface area contributed by atoms with Crippen LogP contribution in [-0.4, -0.2) is 46.9 Å². The van der Waals surface area contributed by atoms with Gasteiger partial charge in [0.15, 0.2) is 5.13 Å². The molecule has 100 valence electrons. The van der Waals surface area contributed by atoms with Gasteiger partial charge in [0.1, 0.15) is 0 Å². The van der Waals surface area contributed by atoms with Gasteiger partial charge in [0.05, 0.1) is 6.54 Å². The summed E-state index contributed by atoms with van der Waals surface area (Å²) in [5, 5.41) is 0.592. The van der Waals surface area contributed by atoms with Gasteiger partial charge in [-0.25, -0.2) is 4.98 Å². The van der Waals surface area contributed by atoms with Crippen LogP contribution in [0.25, 0.3) is 0 Å². The van der Waals surface area contributed by atoms with Crippen LogP contribution in [0.15, 0.2) is 6.20 Å². The van der Waals surface area contributed by atoms with E-state index in [0.717, 1.165) is 31.1 Å². The maximum absolute atomic E-state index is 12.0. The Bertz CT molecular complexity index is 418. The van der Waals surface area contributed by atoms with E-state index in [1.165, 1.54) is 11.3 Å². The quantitative estimate of drug-likeness (QED) is 0.886. The zero-order chi connectivity index (χ0) is 13.1. The minimum atomic E-state index is 0.229. The lowest BCUT2D eigenvalue weighted by Gasteiger charge is -2.34. The number of nitrogen functional groups attached to an aromatic ring is 1. The minimum Gasteiger partial charge on any atom is -0.375 e. The standard InChI is InChI=1S/C12H20N4OS/c1-9(2)6-16-4-3-15(8-11(16)17)7-10-5-14-12(13)18-10/h5,9H,3-4,6-8H2,1-2H3,(H2,13,14).